The molecule has 1 saturated heterocycles. The van der Waals surface area contributed by atoms with E-state index in [0.29, 0.717) is 0 Å². The molecule has 2 nitrogen and oxygen atoms in total. The van der Waals surface area contributed by atoms with Gasteiger partial charge in [0.1, 0.15) is 0 Å². The first-order valence-corrected chi connectivity index (χ1v) is 7.41. The summed E-state index contributed by atoms with van der Waals surface area (Å²) >= 11 is 0. The Bertz CT molecular complexity index is 601. The van der Waals surface area contributed by atoms with Gasteiger partial charge in [0.05, 0.1) is 18.0 Å². The molecule has 21 heavy (non-hydrogen) atoms. The van der Waals surface area contributed by atoms with Crippen molar-refractivity contribution in [3.63, 3.8) is 0 Å². The number of nitrogens with zero attached hydrogens (tertiary/aromatic N) is 2. The fourth-order valence-corrected chi connectivity index (χ4v) is 3.20. The molecule has 0 spiro atoms. The van der Waals surface area contributed by atoms with E-state index >= 15 is 0 Å². The molecule has 0 N–H and O–H groups in total. The Labute approximate surface area is 126 Å². The maximum absolute atomic E-state index is 9.29. The fourth-order valence-electron chi connectivity index (χ4n) is 3.20. The van der Waals surface area contributed by atoms with Crippen molar-refractivity contribution in [2.24, 2.45) is 5.92 Å². The van der Waals surface area contributed by atoms with Crippen molar-refractivity contribution < 1.29 is 0 Å². The molecule has 1 aliphatic heterocycles. The highest BCUT2D eigenvalue weighted by molar-refractivity contribution is 5.34. The van der Waals surface area contributed by atoms with E-state index in [4.69, 9.17) is 0 Å². The highest BCUT2D eigenvalue weighted by Crippen LogP contribution is 2.44. The Hall–Kier alpha value is -2.11. The first-order chi connectivity index (χ1) is 10.1. The third kappa shape index (κ3) is 2.34. The third-order valence-corrected chi connectivity index (χ3v) is 4.67. The zero-order valence-electron chi connectivity index (χ0n) is 12.5. The first kappa shape index (κ1) is 13.9. The number of likely N-dealkylation sites (tertiary alicyclic amines) is 1. The van der Waals surface area contributed by atoms with E-state index in [-0.39, 0.29) is 17.5 Å². The Morgan fingerprint density at radius 2 is 1.48 bits per heavy atom. The molecule has 0 unspecified atom stereocenters. The first-order valence-electron chi connectivity index (χ1n) is 7.41. The maximum atomic E-state index is 9.29. The lowest BCUT2D eigenvalue weighted by Gasteiger charge is -2.56. The average Bonchev–Trinajstić information content (AvgIpc) is 2.52. The van der Waals surface area contributed by atoms with E-state index in [0.717, 1.165) is 6.54 Å². The van der Waals surface area contributed by atoms with Crippen LogP contribution in [0.1, 0.15) is 31.0 Å². The van der Waals surface area contributed by atoms with Crippen LogP contribution in [0.4, 0.5) is 0 Å². The topological polar surface area (TPSA) is 27.0 Å². The van der Waals surface area contributed by atoms with E-state index in [1.54, 1.807) is 0 Å². The Morgan fingerprint density at radius 1 is 1.00 bits per heavy atom. The molecule has 0 saturated carbocycles. The molecule has 0 radical (unpaired) electrons. The number of hydrogen-bond acceptors (Lipinski definition) is 2. The highest BCUT2D eigenvalue weighted by Gasteiger charge is 2.50. The van der Waals surface area contributed by atoms with Gasteiger partial charge in [-0.3, -0.25) is 4.90 Å². The summed E-state index contributed by atoms with van der Waals surface area (Å²) in [6, 6.07) is 23.8. The Balaban J connectivity index is 2.01. The predicted octanol–water partition coefficient (Wildman–Crippen LogP) is 4.01. The lowest BCUT2D eigenvalue weighted by atomic mass is 9.74. The van der Waals surface area contributed by atoms with Crippen LogP contribution in [-0.2, 0) is 0 Å². The van der Waals surface area contributed by atoms with Gasteiger partial charge in [-0.25, -0.2) is 0 Å². The van der Waals surface area contributed by atoms with Crippen molar-refractivity contribution in [2.75, 3.05) is 6.54 Å². The van der Waals surface area contributed by atoms with Crippen LogP contribution >= 0.6 is 0 Å². The maximum Gasteiger partial charge on any atom is 0.0769 e. The van der Waals surface area contributed by atoms with E-state index in [9.17, 15) is 5.26 Å². The summed E-state index contributed by atoms with van der Waals surface area (Å²) in [5, 5.41) is 9.29. The summed E-state index contributed by atoms with van der Waals surface area (Å²) < 4.78 is 0. The van der Waals surface area contributed by atoms with Crippen LogP contribution in [0.25, 0.3) is 0 Å². The predicted molar refractivity (Wildman–Crippen MR) is 84.6 cm³/mol. The minimum Gasteiger partial charge on any atom is -0.284 e. The number of hydrogen-bond donors (Lipinski definition) is 0. The van der Waals surface area contributed by atoms with E-state index in [1.807, 2.05) is 12.1 Å². The molecule has 3 rings (SSSR count). The molecule has 2 aromatic carbocycles. The quantitative estimate of drug-likeness (QED) is 0.847. The zero-order valence-corrected chi connectivity index (χ0v) is 12.5. The normalized spacial score (nSPS) is 20.8. The third-order valence-electron chi connectivity index (χ3n) is 4.67. The summed E-state index contributed by atoms with van der Waals surface area (Å²) in [7, 11) is 0. The van der Waals surface area contributed by atoms with Crippen LogP contribution in [0.5, 0.6) is 0 Å². The molecule has 1 atom stereocenters. The number of nitriles is 1. The van der Waals surface area contributed by atoms with Gasteiger partial charge in [0.15, 0.2) is 0 Å². The second-order valence-corrected chi connectivity index (χ2v) is 6.21. The number of benzene rings is 2. The van der Waals surface area contributed by atoms with Gasteiger partial charge in [-0.1, -0.05) is 60.7 Å². The molecule has 0 aliphatic carbocycles. The molecule has 1 aliphatic rings. The Kier molecular flexibility index (Phi) is 3.53. The SMILES string of the molecule is CC1(C)[C@H](C#N)CN1C(c1ccccc1)c1ccccc1. The fraction of sp³-hybridized carbons (Fsp3) is 0.316. The summed E-state index contributed by atoms with van der Waals surface area (Å²) in [6.45, 7) is 5.17. The van der Waals surface area contributed by atoms with Gasteiger partial charge in [0, 0.05) is 12.1 Å². The van der Waals surface area contributed by atoms with Crippen molar-refractivity contribution in [2.45, 2.75) is 25.4 Å². The van der Waals surface area contributed by atoms with E-state index < -0.39 is 0 Å². The molecule has 2 heteroatoms. The van der Waals surface area contributed by atoms with E-state index in [2.05, 4.69) is 73.3 Å². The zero-order chi connectivity index (χ0) is 14.9. The second-order valence-electron chi connectivity index (χ2n) is 6.21. The van der Waals surface area contributed by atoms with Gasteiger partial charge < -0.3 is 0 Å². The van der Waals surface area contributed by atoms with Gasteiger partial charge in [-0.2, -0.15) is 5.26 Å². The molecule has 106 valence electrons. The van der Waals surface area contributed by atoms with Gasteiger partial charge >= 0.3 is 0 Å². The molecule has 0 bridgehead atoms. The lowest BCUT2D eigenvalue weighted by Crippen LogP contribution is -2.64. The Morgan fingerprint density at radius 3 is 1.86 bits per heavy atom. The minimum absolute atomic E-state index is 0.0922. The summed E-state index contributed by atoms with van der Waals surface area (Å²) in [5.74, 6) is 0.104. The largest absolute Gasteiger partial charge is 0.284 e. The van der Waals surface area contributed by atoms with E-state index in [1.165, 1.54) is 11.1 Å². The van der Waals surface area contributed by atoms with Crippen molar-refractivity contribution in [1.82, 2.24) is 4.90 Å². The van der Waals surface area contributed by atoms with Gasteiger partial charge in [0.2, 0.25) is 0 Å². The van der Waals surface area contributed by atoms with Crippen molar-refractivity contribution >= 4 is 0 Å². The molecule has 1 heterocycles. The minimum atomic E-state index is -0.0922. The summed E-state index contributed by atoms with van der Waals surface area (Å²) in [5.41, 5.74) is 2.48. The lowest BCUT2D eigenvalue weighted by molar-refractivity contribution is -0.0521. The summed E-state index contributed by atoms with van der Waals surface area (Å²) in [6.07, 6.45) is 0. The molecule has 0 aromatic heterocycles. The van der Waals surface area contributed by atoms with Gasteiger partial charge in [-0.15, -0.1) is 0 Å². The van der Waals surface area contributed by atoms with Crippen LogP contribution in [0.15, 0.2) is 60.7 Å². The van der Waals surface area contributed by atoms with Crippen molar-refractivity contribution in [3.8, 4) is 6.07 Å². The van der Waals surface area contributed by atoms with Gasteiger partial charge in [-0.05, 0) is 25.0 Å². The molecule has 0 amide bonds. The molecule has 2 aromatic rings. The van der Waals surface area contributed by atoms with Crippen LogP contribution in [0, 0.1) is 17.2 Å². The molecule has 1 fully saturated rings. The molecular formula is C19H20N2. The van der Waals surface area contributed by atoms with Crippen LogP contribution in [0.3, 0.4) is 0 Å². The second kappa shape index (κ2) is 5.35. The monoisotopic (exact) mass is 276 g/mol. The van der Waals surface area contributed by atoms with Crippen molar-refractivity contribution in [3.05, 3.63) is 71.8 Å². The molecular weight excluding hydrogens is 256 g/mol. The van der Waals surface area contributed by atoms with Crippen LogP contribution in [-0.4, -0.2) is 17.0 Å². The van der Waals surface area contributed by atoms with Crippen LogP contribution in [0.2, 0.25) is 0 Å². The standard InChI is InChI=1S/C19H20N2/c1-19(2)17(13-20)14-21(19)18(15-9-5-3-6-10-15)16-11-7-4-8-12-16/h3-12,17-18H,14H2,1-2H3/t17-/m1/s1. The highest BCUT2D eigenvalue weighted by atomic mass is 15.3. The smallest absolute Gasteiger partial charge is 0.0769 e. The van der Waals surface area contributed by atoms with Crippen molar-refractivity contribution in [1.29, 1.82) is 5.26 Å². The van der Waals surface area contributed by atoms with Gasteiger partial charge in [0.25, 0.3) is 0 Å². The van der Waals surface area contributed by atoms with Crippen LogP contribution < -0.4 is 0 Å². The average molecular weight is 276 g/mol. The number of rotatable bonds is 3. The summed E-state index contributed by atoms with van der Waals surface area (Å²) in [4.78, 5) is 2.44.